The van der Waals surface area contributed by atoms with Crippen molar-refractivity contribution in [2.24, 2.45) is 5.41 Å². The zero-order valence-corrected chi connectivity index (χ0v) is 17.5. The number of allylic oxidation sites excluding steroid dienone is 4. The third kappa shape index (κ3) is 2.06. The fraction of sp³-hybridized carbons (Fsp3) is 0.111. The van der Waals surface area contributed by atoms with Gasteiger partial charge in [-0.2, -0.15) is 0 Å². The third-order valence-electron chi connectivity index (χ3n) is 6.30. The second-order valence-corrected chi connectivity index (χ2v) is 9.27. The molecule has 0 saturated carbocycles. The van der Waals surface area contributed by atoms with Crippen molar-refractivity contribution >= 4 is 59.9 Å². The normalized spacial score (nSPS) is 17.3. The summed E-state index contributed by atoms with van der Waals surface area (Å²) in [6, 6.07) is 22.4. The Hall–Kier alpha value is -2.64. The molecular formula is C27H19Br. The Labute approximate surface area is 172 Å². The molecule has 0 aromatic heterocycles. The lowest BCUT2D eigenvalue weighted by atomic mass is 9.77. The van der Waals surface area contributed by atoms with Crippen molar-refractivity contribution in [2.75, 3.05) is 0 Å². The molecule has 0 fully saturated rings. The van der Waals surface area contributed by atoms with E-state index in [1.54, 1.807) is 0 Å². The molecule has 0 heterocycles. The highest BCUT2D eigenvalue weighted by atomic mass is 79.9. The standard InChI is InChI=1S/C27H19Br/c1-27(2)12-11-25(28)24-14-16-13-22-19-9-5-3-7-17(19)18-8-4-6-10-20(18)23(22)15-21(16)26(24)27/h3-15H,1-2H3. The number of halogens is 1. The SMILES string of the molecule is CC1(C)C=CC(Br)=C2C=c3cc4c5ccccc5c5ccccc5c4cc3=C21. The van der Waals surface area contributed by atoms with Gasteiger partial charge >= 0.3 is 0 Å². The van der Waals surface area contributed by atoms with Crippen LogP contribution in [0.25, 0.3) is 44.0 Å². The molecule has 0 radical (unpaired) electrons. The number of rotatable bonds is 0. The first-order valence-electron chi connectivity index (χ1n) is 9.74. The molecule has 2 aliphatic rings. The van der Waals surface area contributed by atoms with Gasteiger partial charge in [-0.05, 0) is 72.1 Å². The summed E-state index contributed by atoms with van der Waals surface area (Å²) >= 11 is 3.78. The van der Waals surface area contributed by atoms with E-state index in [2.05, 4.69) is 109 Å². The average molecular weight is 423 g/mol. The van der Waals surface area contributed by atoms with Crippen LogP contribution >= 0.6 is 15.9 Å². The second kappa shape index (κ2) is 5.46. The van der Waals surface area contributed by atoms with Gasteiger partial charge in [0.2, 0.25) is 0 Å². The maximum atomic E-state index is 3.78. The Bertz CT molecular complexity index is 1530. The van der Waals surface area contributed by atoms with Crippen LogP contribution in [0, 0.1) is 5.41 Å². The van der Waals surface area contributed by atoms with Crippen LogP contribution in [0.3, 0.4) is 0 Å². The minimum absolute atomic E-state index is 0.0225. The topological polar surface area (TPSA) is 0 Å². The molecule has 28 heavy (non-hydrogen) atoms. The van der Waals surface area contributed by atoms with Gasteiger partial charge in [0.1, 0.15) is 0 Å². The maximum absolute atomic E-state index is 3.78. The summed E-state index contributed by atoms with van der Waals surface area (Å²) in [5, 5.41) is 10.7. The quantitative estimate of drug-likeness (QED) is 0.290. The molecule has 0 amide bonds. The molecule has 0 N–H and O–H groups in total. The van der Waals surface area contributed by atoms with Gasteiger partial charge in [-0.3, -0.25) is 0 Å². The van der Waals surface area contributed by atoms with Gasteiger partial charge < -0.3 is 0 Å². The van der Waals surface area contributed by atoms with E-state index in [9.17, 15) is 0 Å². The zero-order valence-electron chi connectivity index (χ0n) is 15.9. The molecule has 0 spiro atoms. The highest BCUT2D eigenvalue weighted by Gasteiger charge is 2.30. The van der Waals surface area contributed by atoms with Crippen molar-refractivity contribution in [3.05, 3.63) is 93.3 Å². The molecule has 0 nitrogen and oxygen atoms in total. The van der Waals surface area contributed by atoms with Crippen molar-refractivity contribution in [2.45, 2.75) is 13.8 Å². The van der Waals surface area contributed by atoms with E-state index in [0.717, 1.165) is 0 Å². The number of hydrogen-bond donors (Lipinski definition) is 0. The largest absolute Gasteiger partial charge is 0.0733 e. The van der Waals surface area contributed by atoms with Crippen LogP contribution in [-0.4, -0.2) is 0 Å². The Kier molecular flexibility index (Phi) is 3.18. The Morgan fingerprint density at radius 1 is 0.714 bits per heavy atom. The maximum Gasteiger partial charge on any atom is 0.0248 e. The summed E-state index contributed by atoms with van der Waals surface area (Å²) < 4.78 is 1.18. The number of fused-ring (bicyclic) bond motifs is 8. The lowest BCUT2D eigenvalue weighted by Crippen LogP contribution is -2.27. The van der Waals surface area contributed by atoms with Crippen molar-refractivity contribution in [1.29, 1.82) is 0 Å². The molecule has 0 bridgehead atoms. The molecule has 0 atom stereocenters. The molecule has 4 aromatic rings. The second-order valence-electron chi connectivity index (χ2n) is 8.41. The van der Waals surface area contributed by atoms with E-state index in [4.69, 9.17) is 0 Å². The predicted octanol–water partition coefficient (Wildman–Crippen LogP) is 6.34. The third-order valence-corrected chi connectivity index (χ3v) is 6.99. The van der Waals surface area contributed by atoms with E-state index in [1.165, 1.54) is 58.4 Å². The molecule has 6 rings (SSSR count). The first kappa shape index (κ1) is 16.3. The molecule has 1 heteroatoms. The van der Waals surface area contributed by atoms with Gasteiger partial charge in [0.05, 0.1) is 0 Å². The summed E-state index contributed by atoms with van der Waals surface area (Å²) in [5.41, 5.74) is 2.77. The van der Waals surface area contributed by atoms with Crippen molar-refractivity contribution < 1.29 is 0 Å². The minimum Gasteiger partial charge on any atom is -0.0733 e. The van der Waals surface area contributed by atoms with Gasteiger partial charge in [0.25, 0.3) is 0 Å². The van der Waals surface area contributed by atoms with Crippen LogP contribution in [-0.2, 0) is 0 Å². The molecule has 0 aliphatic heterocycles. The van der Waals surface area contributed by atoms with Gasteiger partial charge in [-0.25, -0.2) is 0 Å². The molecule has 0 saturated heterocycles. The lowest BCUT2D eigenvalue weighted by Gasteiger charge is -2.28. The highest BCUT2D eigenvalue weighted by Crippen LogP contribution is 2.43. The first-order chi connectivity index (χ1) is 13.5. The Balaban J connectivity index is 1.91. The van der Waals surface area contributed by atoms with Crippen LogP contribution in [0.1, 0.15) is 13.8 Å². The van der Waals surface area contributed by atoms with Gasteiger partial charge in [0.15, 0.2) is 0 Å². The van der Waals surface area contributed by atoms with Crippen LogP contribution in [0.4, 0.5) is 0 Å². The van der Waals surface area contributed by atoms with Crippen LogP contribution in [0.5, 0.6) is 0 Å². The van der Waals surface area contributed by atoms with E-state index >= 15 is 0 Å². The van der Waals surface area contributed by atoms with Crippen molar-refractivity contribution in [3.8, 4) is 0 Å². The fourth-order valence-electron chi connectivity index (χ4n) is 5.01. The van der Waals surface area contributed by atoms with Gasteiger partial charge in [-0.15, -0.1) is 0 Å². The summed E-state index contributed by atoms with van der Waals surface area (Å²) in [6.45, 7) is 4.62. The summed E-state index contributed by atoms with van der Waals surface area (Å²) in [6.07, 6.45) is 6.86. The van der Waals surface area contributed by atoms with E-state index in [1.807, 2.05) is 0 Å². The van der Waals surface area contributed by atoms with Gasteiger partial charge in [-0.1, -0.05) is 90.5 Å². The summed E-state index contributed by atoms with van der Waals surface area (Å²) in [5.74, 6) is 0. The number of hydrogen-bond acceptors (Lipinski definition) is 0. The van der Waals surface area contributed by atoms with E-state index in [0.29, 0.717) is 0 Å². The minimum atomic E-state index is 0.0225. The summed E-state index contributed by atoms with van der Waals surface area (Å²) in [4.78, 5) is 0. The molecular weight excluding hydrogens is 404 g/mol. The first-order valence-corrected chi connectivity index (χ1v) is 10.5. The van der Waals surface area contributed by atoms with E-state index in [-0.39, 0.29) is 5.41 Å². The highest BCUT2D eigenvalue weighted by molar-refractivity contribution is 9.12. The molecule has 2 aliphatic carbocycles. The smallest absolute Gasteiger partial charge is 0.0248 e. The van der Waals surface area contributed by atoms with Crippen molar-refractivity contribution in [1.82, 2.24) is 0 Å². The van der Waals surface area contributed by atoms with Crippen LogP contribution < -0.4 is 10.4 Å². The number of benzene rings is 4. The van der Waals surface area contributed by atoms with Crippen LogP contribution in [0.2, 0.25) is 0 Å². The average Bonchev–Trinajstić information content (AvgIpc) is 3.10. The molecule has 134 valence electrons. The summed E-state index contributed by atoms with van der Waals surface area (Å²) in [7, 11) is 0. The molecule has 4 aromatic carbocycles. The zero-order chi connectivity index (χ0) is 19.0. The predicted molar refractivity (Wildman–Crippen MR) is 125 cm³/mol. The van der Waals surface area contributed by atoms with E-state index < -0.39 is 0 Å². The Morgan fingerprint density at radius 2 is 1.25 bits per heavy atom. The Morgan fingerprint density at radius 3 is 1.86 bits per heavy atom. The van der Waals surface area contributed by atoms with Crippen molar-refractivity contribution in [3.63, 3.8) is 0 Å². The molecule has 0 unspecified atom stereocenters. The fourth-order valence-corrected chi connectivity index (χ4v) is 5.46. The van der Waals surface area contributed by atoms with Crippen LogP contribution in [0.15, 0.2) is 82.9 Å². The lowest BCUT2D eigenvalue weighted by molar-refractivity contribution is 0.644. The van der Waals surface area contributed by atoms with Gasteiger partial charge in [0, 0.05) is 9.90 Å². The monoisotopic (exact) mass is 422 g/mol.